The number of thiophene rings is 1. The molecule has 1 amide bonds. The van der Waals surface area contributed by atoms with Gasteiger partial charge in [0.1, 0.15) is 5.82 Å². The largest absolute Gasteiger partial charge is 0.339 e. The van der Waals surface area contributed by atoms with E-state index in [1.54, 1.807) is 16.2 Å². The minimum absolute atomic E-state index is 0.0314. The van der Waals surface area contributed by atoms with E-state index in [1.165, 1.54) is 18.2 Å². The van der Waals surface area contributed by atoms with Gasteiger partial charge in [0.05, 0.1) is 10.4 Å². The van der Waals surface area contributed by atoms with Crippen LogP contribution >= 0.6 is 22.9 Å². The Morgan fingerprint density at radius 2 is 2.07 bits per heavy atom. The topological polar surface area (TPSA) is 62.5 Å². The number of carbonyl (C=O) groups is 1. The van der Waals surface area contributed by atoms with Crippen LogP contribution in [0.25, 0.3) is 10.7 Å². The first kappa shape index (κ1) is 20.0. The second-order valence-electron chi connectivity index (χ2n) is 6.85. The quantitative estimate of drug-likeness (QED) is 0.587. The first-order chi connectivity index (χ1) is 14.1. The molecule has 6 nitrogen and oxygen atoms in total. The van der Waals surface area contributed by atoms with E-state index in [2.05, 4.69) is 15.0 Å². The van der Waals surface area contributed by atoms with E-state index >= 15 is 0 Å². The Hall–Kier alpha value is -2.29. The summed E-state index contributed by atoms with van der Waals surface area (Å²) in [6.45, 7) is 3.50. The summed E-state index contributed by atoms with van der Waals surface area (Å²) in [6.07, 6.45) is 1.61. The minimum Gasteiger partial charge on any atom is -0.339 e. The molecule has 0 atom stereocenters. The van der Waals surface area contributed by atoms with Crippen LogP contribution in [0.2, 0.25) is 5.02 Å². The molecule has 1 aliphatic heterocycles. The Morgan fingerprint density at radius 1 is 1.24 bits per heavy atom. The van der Waals surface area contributed by atoms with Crippen LogP contribution in [-0.4, -0.2) is 58.6 Å². The fraction of sp³-hybridized carbons (Fsp3) is 0.350. The van der Waals surface area contributed by atoms with Crippen molar-refractivity contribution in [2.75, 3.05) is 32.7 Å². The standard InChI is InChI=1S/C20H20ClFN4O2S/c21-14-5-6-16(22)15(13-14)20(27)26-10-8-25(9-11-26)7-1-4-18-23-19(24-28-18)17-3-2-12-29-17/h2-3,5-6,12-13H,1,4,7-11H2. The summed E-state index contributed by atoms with van der Waals surface area (Å²) in [5.74, 6) is 0.425. The maximum absolute atomic E-state index is 13.9. The lowest BCUT2D eigenvalue weighted by atomic mass is 10.1. The number of amides is 1. The van der Waals surface area contributed by atoms with E-state index in [0.29, 0.717) is 36.2 Å². The summed E-state index contributed by atoms with van der Waals surface area (Å²) in [4.78, 5) is 22.0. The Morgan fingerprint density at radius 3 is 2.83 bits per heavy atom. The lowest BCUT2D eigenvalue weighted by Gasteiger charge is -2.34. The van der Waals surface area contributed by atoms with E-state index in [-0.39, 0.29) is 11.5 Å². The molecule has 0 bridgehead atoms. The monoisotopic (exact) mass is 434 g/mol. The zero-order chi connectivity index (χ0) is 20.2. The maximum atomic E-state index is 13.9. The first-order valence-electron chi connectivity index (χ1n) is 9.43. The SMILES string of the molecule is O=C(c1cc(Cl)ccc1F)N1CCN(CCCc2nc(-c3cccs3)no2)CC1. The first-order valence-corrected chi connectivity index (χ1v) is 10.7. The molecule has 9 heteroatoms. The van der Waals surface area contributed by atoms with Crippen molar-refractivity contribution in [1.82, 2.24) is 19.9 Å². The van der Waals surface area contributed by atoms with Crippen LogP contribution in [0.3, 0.4) is 0 Å². The molecule has 0 radical (unpaired) electrons. The van der Waals surface area contributed by atoms with Gasteiger partial charge in [-0.25, -0.2) is 4.39 Å². The van der Waals surface area contributed by atoms with Gasteiger partial charge in [0, 0.05) is 37.6 Å². The van der Waals surface area contributed by atoms with Crippen molar-refractivity contribution in [3.63, 3.8) is 0 Å². The number of nitrogens with zero attached hydrogens (tertiary/aromatic N) is 4. The average molecular weight is 435 g/mol. The molecule has 0 saturated carbocycles. The van der Waals surface area contributed by atoms with E-state index in [4.69, 9.17) is 16.1 Å². The zero-order valence-corrected chi connectivity index (χ0v) is 17.3. The van der Waals surface area contributed by atoms with Crippen molar-refractivity contribution in [2.24, 2.45) is 0 Å². The number of aryl methyl sites for hydroxylation is 1. The molecule has 0 aliphatic carbocycles. The molecular formula is C20H20ClFN4O2S. The smallest absolute Gasteiger partial charge is 0.256 e. The van der Waals surface area contributed by atoms with Crippen LogP contribution in [0.4, 0.5) is 4.39 Å². The van der Waals surface area contributed by atoms with Crippen LogP contribution in [0, 0.1) is 5.82 Å². The molecule has 0 spiro atoms. The number of hydrogen-bond acceptors (Lipinski definition) is 6. The zero-order valence-electron chi connectivity index (χ0n) is 15.7. The number of aromatic nitrogens is 2. The lowest BCUT2D eigenvalue weighted by Crippen LogP contribution is -2.49. The summed E-state index contributed by atoms with van der Waals surface area (Å²) in [7, 11) is 0. The molecule has 1 aliphatic rings. The second kappa shape index (κ2) is 9.02. The van der Waals surface area contributed by atoms with Gasteiger partial charge < -0.3 is 9.42 Å². The number of carbonyl (C=O) groups excluding carboxylic acids is 1. The highest BCUT2D eigenvalue weighted by Crippen LogP contribution is 2.22. The summed E-state index contributed by atoms with van der Waals surface area (Å²) in [5.41, 5.74) is 0.0314. The highest BCUT2D eigenvalue weighted by molar-refractivity contribution is 7.13. The molecule has 1 aromatic carbocycles. The van der Waals surface area contributed by atoms with Crippen LogP contribution in [0.15, 0.2) is 40.2 Å². The van der Waals surface area contributed by atoms with E-state index in [1.807, 2.05) is 17.5 Å². The third kappa shape index (κ3) is 4.83. The van der Waals surface area contributed by atoms with Crippen molar-refractivity contribution in [2.45, 2.75) is 12.8 Å². The van der Waals surface area contributed by atoms with Gasteiger partial charge in [-0.05, 0) is 42.6 Å². The molecule has 0 unspecified atom stereocenters. The van der Waals surface area contributed by atoms with Crippen molar-refractivity contribution in [3.05, 3.63) is 58.0 Å². The summed E-state index contributed by atoms with van der Waals surface area (Å²) >= 11 is 7.48. The molecule has 1 fully saturated rings. The molecule has 152 valence electrons. The van der Waals surface area contributed by atoms with Gasteiger partial charge in [-0.2, -0.15) is 4.98 Å². The number of halogens is 2. The van der Waals surface area contributed by atoms with Crippen LogP contribution in [-0.2, 0) is 6.42 Å². The summed E-state index contributed by atoms with van der Waals surface area (Å²) < 4.78 is 19.3. The molecule has 29 heavy (non-hydrogen) atoms. The average Bonchev–Trinajstić information content (AvgIpc) is 3.42. The van der Waals surface area contributed by atoms with Crippen molar-refractivity contribution < 1.29 is 13.7 Å². The molecular weight excluding hydrogens is 415 g/mol. The Bertz CT molecular complexity index is 971. The Balaban J connectivity index is 1.23. The number of rotatable bonds is 6. The van der Waals surface area contributed by atoms with Gasteiger partial charge in [0.25, 0.3) is 5.91 Å². The molecule has 2 aromatic heterocycles. The number of benzene rings is 1. The van der Waals surface area contributed by atoms with E-state index < -0.39 is 5.82 Å². The molecule has 0 N–H and O–H groups in total. The number of hydrogen-bond donors (Lipinski definition) is 0. The third-order valence-corrected chi connectivity index (χ3v) is 5.99. The summed E-state index contributed by atoms with van der Waals surface area (Å²) in [5, 5.41) is 6.36. The predicted octanol–water partition coefficient (Wildman–Crippen LogP) is 3.98. The van der Waals surface area contributed by atoms with Gasteiger partial charge >= 0.3 is 0 Å². The van der Waals surface area contributed by atoms with Crippen molar-refractivity contribution in [3.8, 4) is 10.7 Å². The minimum atomic E-state index is -0.539. The lowest BCUT2D eigenvalue weighted by molar-refractivity contribution is 0.0631. The normalized spacial score (nSPS) is 15.0. The number of piperazine rings is 1. The highest BCUT2D eigenvalue weighted by atomic mass is 35.5. The van der Waals surface area contributed by atoms with Gasteiger partial charge in [-0.15, -0.1) is 11.3 Å². The molecule has 3 heterocycles. The van der Waals surface area contributed by atoms with Gasteiger partial charge in [0.2, 0.25) is 11.7 Å². The third-order valence-electron chi connectivity index (χ3n) is 4.89. The predicted molar refractivity (Wildman–Crippen MR) is 110 cm³/mol. The van der Waals surface area contributed by atoms with Crippen LogP contribution in [0.5, 0.6) is 0 Å². The van der Waals surface area contributed by atoms with Crippen LogP contribution in [0.1, 0.15) is 22.7 Å². The molecule has 1 saturated heterocycles. The van der Waals surface area contributed by atoms with E-state index in [0.717, 1.165) is 30.9 Å². The van der Waals surface area contributed by atoms with Crippen molar-refractivity contribution >= 4 is 28.8 Å². The Kier molecular flexibility index (Phi) is 6.22. The molecule has 4 rings (SSSR count). The fourth-order valence-corrected chi connectivity index (χ4v) is 4.14. The summed E-state index contributed by atoms with van der Waals surface area (Å²) in [6, 6.07) is 7.99. The molecule has 3 aromatic rings. The highest BCUT2D eigenvalue weighted by Gasteiger charge is 2.24. The fourth-order valence-electron chi connectivity index (χ4n) is 3.32. The second-order valence-corrected chi connectivity index (χ2v) is 8.23. The van der Waals surface area contributed by atoms with Crippen LogP contribution < -0.4 is 0 Å². The Labute approximate surface area is 176 Å². The maximum Gasteiger partial charge on any atom is 0.256 e. The van der Waals surface area contributed by atoms with Crippen molar-refractivity contribution in [1.29, 1.82) is 0 Å². The van der Waals surface area contributed by atoms with Gasteiger partial charge in [-0.1, -0.05) is 22.8 Å². The van der Waals surface area contributed by atoms with E-state index in [9.17, 15) is 9.18 Å². The van der Waals surface area contributed by atoms with Gasteiger partial charge in [-0.3, -0.25) is 9.69 Å². The van der Waals surface area contributed by atoms with Gasteiger partial charge in [0.15, 0.2) is 0 Å².